The highest BCUT2D eigenvalue weighted by Gasteiger charge is 2.65. The van der Waals surface area contributed by atoms with Gasteiger partial charge in [0.1, 0.15) is 36.8 Å². The Labute approximate surface area is 687 Å². The molecule has 14 heterocycles. The Bertz CT molecular complexity index is 5330. The van der Waals surface area contributed by atoms with Gasteiger partial charge in [-0.05, 0) is 136 Å². The molecule has 14 aliphatic heterocycles. The second kappa shape index (κ2) is 30.5. The number of phenols is 3. The third-order valence-corrected chi connectivity index (χ3v) is 28.2. The number of halogens is 3. The first-order chi connectivity index (χ1) is 55.5. The minimum Gasteiger partial charge on any atom is -0.504 e. The van der Waals surface area contributed by atoms with E-state index in [-0.39, 0.29) is 113 Å². The van der Waals surface area contributed by atoms with Gasteiger partial charge in [0.05, 0.1) is 75.2 Å². The summed E-state index contributed by atoms with van der Waals surface area (Å²) in [7, 11) is 9.59. The Morgan fingerprint density at radius 2 is 0.958 bits per heavy atom. The van der Waals surface area contributed by atoms with Gasteiger partial charge in [0.2, 0.25) is 13.6 Å². The van der Waals surface area contributed by atoms with E-state index < -0.39 is 112 Å². The van der Waals surface area contributed by atoms with Crippen molar-refractivity contribution in [3.63, 3.8) is 0 Å². The molecule has 626 valence electrons. The van der Waals surface area contributed by atoms with Gasteiger partial charge in [-0.2, -0.15) is 23.7 Å². The van der Waals surface area contributed by atoms with Crippen LogP contribution in [0, 0.1) is 50.4 Å². The highest BCUT2D eigenvalue weighted by molar-refractivity contribution is 7.99. The van der Waals surface area contributed by atoms with Crippen molar-refractivity contribution >= 4 is 53.4 Å². The topological polar surface area (TPSA) is 351 Å². The number of ether oxygens (including phenoxy) is 13. The molecule has 14 aliphatic rings. The number of alkyl halides is 3. The normalized spacial score (nSPS) is 27.7. The van der Waals surface area contributed by atoms with Crippen LogP contribution in [0.1, 0.15) is 152 Å². The molecule has 6 aromatic carbocycles. The zero-order valence-electron chi connectivity index (χ0n) is 65.2. The molecular weight excluding hydrogens is 1580 g/mol. The van der Waals surface area contributed by atoms with Crippen molar-refractivity contribution in [2.24, 2.45) is 0 Å². The summed E-state index contributed by atoms with van der Waals surface area (Å²) in [5.41, 5.74) is 7.33. The molecule has 0 aliphatic carbocycles. The van der Waals surface area contributed by atoms with Crippen LogP contribution in [-0.2, 0) is 70.2 Å². The monoisotopic (exact) mass is 1670 g/mol. The summed E-state index contributed by atoms with van der Waals surface area (Å²) in [6.07, 6.45) is -3.57. The molecule has 4 saturated heterocycles. The number of phenolic OH excluding ortho intramolecular Hbond substituents is 3. The highest BCUT2D eigenvalue weighted by Crippen LogP contribution is 2.68. The first-order valence-electron chi connectivity index (χ1n) is 37.8. The molecule has 2 unspecified atom stereocenters. The average molecular weight is 1670 g/mol. The van der Waals surface area contributed by atoms with Crippen molar-refractivity contribution in [1.82, 2.24) is 30.2 Å². The average Bonchev–Trinajstić information content (AvgIpc) is 0.886. The van der Waals surface area contributed by atoms with Crippen molar-refractivity contribution in [2.75, 3.05) is 93.9 Å². The Hall–Kier alpha value is -10.3. The van der Waals surface area contributed by atoms with Gasteiger partial charge in [-0.1, -0.05) is 27.0 Å². The van der Waals surface area contributed by atoms with Crippen molar-refractivity contribution < 1.29 is 114 Å². The van der Waals surface area contributed by atoms with Crippen LogP contribution in [0.15, 0.2) is 36.4 Å². The Kier molecular flexibility index (Phi) is 21.4. The number of carbonyl (C=O) groups excluding carboxylic acids is 5. The van der Waals surface area contributed by atoms with Crippen LogP contribution >= 0.6 is 23.5 Å². The van der Waals surface area contributed by atoms with Crippen LogP contribution in [-0.4, -0.2) is 201 Å². The number of aryl methyl sites for hydroxylation is 2. The van der Waals surface area contributed by atoms with Gasteiger partial charge in [0.15, 0.2) is 80.1 Å². The number of likely N-dealkylation sites (N-methyl/N-ethyl adjacent to an activating group) is 2. The second-order valence-corrected chi connectivity index (χ2v) is 33.3. The minimum absolute atomic E-state index is 0. The number of methoxy groups -OCH3 is 4. The lowest BCUT2D eigenvalue weighted by Gasteiger charge is -2.62. The Balaban J connectivity index is 0.000000182. The van der Waals surface area contributed by atoms with Crippen LogP contribution in [0.25, 0.3) is 0 Å². The molecule has 4 fully saturated rings. The number of carbonyl (C=O) groups is 5. The lowest BCUT2D eigenvalue weighted by molar-refractivity contribution is -0.189. The van der Waals surface area contributed by atoms with Gasteiger partial charge >= 0.3 is 36.0 Å². The van der Waals surface area contributed by atoms with E-state index in [1.165, 1.54) is 77.9 Å². The summed E-state index contributed by atoms with van der Waals surface area (Å²) in [5, 5.41) is 62.7. The van der Waals surface area contributed by atoms with E-state index in [1.807, 2.05) is 47.0 Å². The molecule has 0 saturated carbocycles. The molecule has 14 atom stereocenters. The molecule has 6 aromatic rings. The van der Waals surface area contributed by atoms with Crippen molar-refractivity contribution in [3.05, 3.63) is 125 Å². The second-order valence-electron chi connectivity index (χ2n) is 31.0. The Morgan fingerprint density at radius 3 is 1.36 bits per heavy atom. The zero-order valence-corrected chi connectivity index (χ0v) is 66.8. The minimum atomic E-state index is -5.28. The standard InChI is InChI=1S/C42H41F3N4O11S.C40H42N4O10S.2CH4/c1-17-9-21-10-23-24(13-46)49-25-14-56-39(52)41(22-12-26(54-5)27(11-20(22)7-8-47-41)60-40(53)42(43,44)45)15-61-38(32(49)31(48(23)4)28(21)33(51)34(17)55-6)30-29(25)37-36(57-16-58-37)18(2)35(30)59-19(3)50;1-17-9-21-10-23-24(13-41)44-25-14-51-39(48)40(22-12-27(49-5)26(46)11-20(22)7-8-42-40)15-55-38(32(44)31(43(23)4)28(21)33(47)34(17)50-6)30-29(25)37-36(52-16-53-37)18(2)35(30)54-19(3)45;;/h9,11-12,23-25,31-32,38,47,51H,7-8,10,14-16H2,1-6H3;9,11-12,23-25,31-32,38,42,46-47H,7-8,10,14-16H2,1-6H3;2*1H4/t23-,24-,25-,31+,32?,38+,41+;23-,24-,25-,31+,32?,38+,40+;;/m00../s1. The van der Waals surface area contributed by atoms with E-state index in [1.54, 1.807) is 19.1 Å². The van der Waals surface area contributed by atoms with Crippen LogP contribution in [0.3, 0.4) is 0 Å². The number of fused-ring (bicyclic) bond motifs is 18. The van der Waals surface area contributed by atoms with Gasteiger partial charge in [0.25, 0.3) is 0 Å². The number of nitrogens with zero attached hydrogens (tertiary/aromatic N) is 6. The van der Waals surface area contributed by atoms with Crippen molar-refractivity contribution in [2.45, 2.75) is 170 Å². The zero-order chi connectivity index (χ0) is 82.1. The molecule has 0 radical (unpaired) electrons. The molecule has 118 heavy (non-hydrogen) atoms. The molecule has 8 bridgehead atoms. The van der Waals surface area contributed by atoms with Gasteiger partial charge in [-0.25, -0.2) is 14.4 Å². The van der Waals surface area contributed by atoms with E-state index in [9.17, 15) is 63.0 Å². The number of nitriles is 2. The molecular formula is C84H91F3N8O21S2. The largest absolute Gasteiger partial charge is 0.504 e. The van der Waals surface area contributed by atoms with E-state index in [4.69, 9.17) is 61.6 Å². The first kappa shape index (κ1) is 82.8. The predicted octanol–water partition coefficient (Wildman–Crippen LogP) is 10.0. The number of piperazine rings is 2. The van der Waals surface area contributed by atoms with Crippen LogP contribution in [0.4, 0.5) is 13.2 Å². The lowest BCUT2D eigenvalue weighted by atomic mass is 9.71. The highest BCUT2D eigenvalue weighted by atomic mass is 32.2. The predicted molar refractivity (Wildman–Crippen MR) is 419 cm³/mol. The summed E-state index contributed by atoms with van der Waals surface area (Å²) in [4.78, 5) is 76.0. The van der Waals surface area contributed by atoms with Gasteiger partial charge in [0, 0.05) is 107 Å². The molecule has 2 spiro atoms. The fourth-order valence-electron chi connectivity index (χ4n) is 20.6. The number of hydrogen-bond donors (Lipinski definition) is 5. The third kappa shape index (κ3) is 12.2. The SMILES string of the molecule is C.C.COc1cc2c(cc1O)CCN[C@]21CS[C@@H]2c3c(OC(C)=O)c(C)c4c(c3[C@H](COC1=O)N1C2[C@H]2c3c(cc(C)c(OC)c3O)C[C@@H]([C@@H]1C#N)N2C)OCO4.COc1cc2c(cc1OC(=O)C(F)(F)F)CCN[C@]21CS[C@@H]2c3c(OC(C)=O)c(C)c4c(c3[C@H](COC1=O)N1C2[C@H]2c3c(cc(C)c(OC)c3O)C[C@@H]([C@@H]1C#N)N2C)OCO4. The van der Waals surface area contributed by atoms with Gasteiger partial charge in [-0.3, -0.25) is 39.8 Å². The van der Waals surface area contributed by atoms with Crippen molar-refractivity contribution in [1.29, 1.82) is 10.5 Å². The van der Waals surface area contributed by atoms with Crippen molar-refractivity contribution in [3.8, 4) is 92.6 Å². The number of benzene rings is 6. The molecule has 5 N–H and O–H groups in total. The summed E-state index contributed by atoms with van der Waals surface area (Å²) in [5.74, 6) is -2.30. The van der Waals surface area contributed by atoms with Gasteiger partial charge in [-0.15, -0.1) is 23.5 Å². The number of rotatable bonds is 7. The smallest absolute Gasteiger partial charge is 0.491 e. The first-order valence-corrected chi connectivity index (χ1v) is 39.9. The number of thioether (sulfide) groups is 2. The molecule has 0 amide bonds. The summed E-state index contributed by atoms with van der Waals surface area (Å²) in [6.45, 7) is 9.89. The van der Waals surface area contributed by atoms with Crippen LogP contribution in [0.5, 0.6) is 80.5 Å². The number of aromatic hydroxyl groups is 3. The fraction of sp³-hybridized carbons (Fsp3) is 0.488. The number of nitrogens with one attached hydrogen (secondary N) is 2. The number of esters is 5. The quantitative estimate of drug-likeness (QED) is 0.0732. The Morgan fingerprint density at radius 1 is 0.542 bits per heavy atom. The van der Waals surface area contributed by atoms with E-state index in [0.29, 0.717) is 127 Å². The molecule has 34 heteroatoms. The van der Waals surface area contributed by atoms with Gasteiger partial charge < -0.3 is 76.9 Å². The van der Waals surface area contributed by atoms with E-state index in [2.05, 4.69) is 42.4 Å². The van der Waals surface area contributed by atoms with E-state index in [0.717, 1.165) is 27.8 Å². The fourth-order valence-corrected chi connectivity index (χ4v) is 24.0. The lowest BCUT2D eigenvalue weighted by Crippen LogP contribution is -2.69. The summed E-state index contributed by atoms with van der Waals surface area (Å²) in [6, 6.07) is 9.16. The summed E-state index contributed by atoms with van der Waals surface area (Å²) >= 11 is 2.80. The molecule has 20 rings (SSSR count). The van der Waals surface area contributed by atoms with Crippen LogP contribution in [0.2, 0.25) is 0 Å². The van der Waals surface area contributed by atoms with Crippen LogP contribution < -0.4 is 62.7 Å². The van der Waals surface area contributed by atoms with E-state index >= 15 is 0 Å². The maximum Gasteiger partial charge on any atom is 0.491 e. The third-order valence-electron chi connectivity index (χ3n) is 25.3. The maximum absolute atomic E-state index is 14.9. The summed E-state index contributed by atoms with van der Waals surface area (Å²) < 4.78 is 117. The molecule has 0 aromatic heterocycles. The maximum atomic E-state index is 14.9. The molecule has 29 nitrogen and oxygen atoms in total. The number of hydrogen-bond acceptors (Lipinski definition) is 31.